The summed E-state index contributed by atoms with van der Waals surface area (Å²) in [5.41, 5.74) is 6.07. The summed E-state index contributed by atoms with van der Waals surface area (Å²) in [6.07, 6.45) is 16.5. The van der Waals surface area contributed by atoms with Crippen molar-refractivity contribution in [1.82, 2.24) is 0 Å². The minimum Gasteiger partial charge on any atom is -0.389 e. The normalized spacial score (nSPS) is 41.4. The molecule has 4 aliphatic carbocycles. The van der Waals surface area contributed by atoms with E-state index in [9.17, 15) is 5.11 Å². The van der Waals surface area contributed by atoms with Crippen LogP contribution < -0.4 is 0 Å². The smallest absolute Gasteiger partial charge is 0.0724 e. The lowest BCUT2D eigenvalue weighted by atomic mass is 9.53. The summed E-state index contributed by atoms with van der Waals surface area (Å²) in [7, 11) is 0. The Balaban J connectivity index is 1.55. The van der Waals surface area contributed by atoms with Crippen LogP contribution in [0.1, 0.15) is 105 Å². The molecule has 0 aliphatic heterocycles. The van der Waals surface area contributed by atoms with E-state index in [-0.39, 0.29) is 11.5 Å². The fourth-order valence-corrected chi connectivity index (χ4v) is 7.97. The second-order valence-corrected chi connectivity index (χ2v) is 11.7. The van der Waals surface area contributed by atoms with Gasteiger partial charge < -0.3 is 5.11 Å². The SMILES string of the molecule is CC(C)CCC[C@@H](C)[C@H]1CC[C@H]2C3=C(CC[C@]12C)[C@@]1(C)CCC(O)C=C1CC3. The molecule has 0 aromatic carbocycles. The number of rotatable bonds is 5. The van der Waals surface area contributed by atoms with Crippen LogP contribution in [0.25, 0.3) is 0 Å². The van der Waals surface area contributed by atoms with Crippen molar-refractivity contribution in [2.45, 2.75) is 111 Å². The molecule has 0 saturated heterocycles. The molecular weight excluding hydrogens is 340 g/mol. The minimum absolute atomic E-state index is 0.193. The van der Waals surface area contributed by atoms with Gasteiger partial charge in [0.25, 0.3) is 0 Å². The zero-order chi connectivity index (χ0) is 20.1. The first kappa shape index (κ1) is 20.7. The second-order valence-electron chi connectivity index (χ2n) is 11.7. The van der Waals surface area contributed by atoms with Crippen LogP contribution in [-0.2, 0) is 0 Å². The third-order valence-corrected chi connectivity index (χ3v) is 9.63. The van der Waals surface area contributed by atoms with Crippen molar-refractivity contribution in [3.63, 3.8) is 0 Å². The fraction of sp³-hybridized carbons (Fsp3) is 0.852. The van der Waals surface area contributed by atoms with Gasteiger partial charge in [-0.25, -0.2) is 0 Å². The highest BCUT2D eigenvalue weighted by molar-refractivity contribution is 5.42. The summed E-state index contributed by atoms with van der Waals surface area (Å²) in [5.74, 6) is 3.51. The summed E-state index contributed by atoms with van der Waals surface area (Å²) >= 11 is 0. The van der Waals surface area contributed by atoms with Crippen molar-refractivity contribution >= 4 is 0 Å². The van der Waals surface area contributed by atoms with Crippen molar-refractivity contribution in [2.75, 3.05) is 0 Å². The topological polar surface area (TPSA) is 20.2 Å². The number of hydrogen-bond acceptors (Lipinski definition) is 1. The quantitative estimate of drug-likeness (QED) is 0.488. The van der Waals surface area contributed by atoms with Gasteiger partial charge in [0, 0.05) is 5.41 Å². The van der Waals surface area contributed by atoms with Crippen LogP contribution in [0.5, 0.6) is 0 Å². The van der Waals surface area contributed by atoms with Gasteiger partial charge in [-0.1, -0.05) is 76.7 Å². The van der Waals surface area contributed by atoms with Crippen molar-refractivity contribution < 1.29 is 5.11 Å². The molecule has 0 radical (unpaired) electrons. The molecule has 4 rings (SSSR count). The van der Waals surface area contributed by atoms with Gasteiger partial charge in [-0.15, -0.1) is 0 Å². The van der Waals surface area contributed by atoms with Gasteiger partial charge in [-0.2, -0.15) is 0 Å². The van der Waals surface area contributed by atoms with Gasteiger partial charge in [0.2, 0.25) is 0 Å². The maximum Gasteiger partial charge on any atom is 0.0724 e. The lowest BCUT2D eigenvalue weighted by molar-refractivity contribution is 0.0910. The molecular formula is C27H44O. The molecule has 28 heavy (non-hydrogen) atoms. The summed E-state index contributed by atoms with van der Waals surface area (Å²) in [6, 6.07) is 0. The molecule has 6 atom stereocenters. The molecule has 0 amide bonds. The van der Waals surface area contributed by atoms with E-state index in [2.05, 4.69) is 40.7 Å². The van der Waals surface area contributed by atoms with Gasteiger partial charge in [-0.3, -0.25) is 0 Å². The molecule has 158 valence electrons. The number of allylic oxidation sites excluding steroid dienone is 3. The second kappa shape index (κ2) is 7.60. The summed E-state index contributed by atoms with van der Waals surface area (Å²) in [4.78, 5) is 0. The lowest BCUT2D eigenvalue weighted by Crippen LogP contribution is -2.42. The zero-order valence-corrected chi connectivity index (χ0v) is 19.2. The van der Waals surface area contributed by atoms with Crippen molar-refractivity contribution in [2.24, 2.45) is 34.5 Å². The third-order valence-electron chi connectivity index (χ3n) is 9.63. The van der Waals surface area contributed by atoms with E-state index in [4.69, 9.17) is 0 Å². The monoisotopic (exact) mass is 384 g/mol. The molecule has 0 aromatic heterocycles. The van der Waals surface area contributed by atoms with Crippen LogP contribution >= 0.6 is 0 Å². The first-order valence-corrected chi connectivity index (χ1v) is 12.4. The Morgan fingerprint density at radius 3 is 2.54 bits per heavy atom. The summed E-state index contributed by atoms with van der Waals surface area (Å²) < 4.78 is 0. The molecule has 1 nitrogen and oxygen atoms in total. The van der Waals surface area contributed by atoms with Gasteiger partial charge in [0.15, 0.2) is 0 Å². The van der Waals surface area contributed by atoms with Crippen molar-refractivity contribution in [1.29, 1.82) is 0 Å². The molecule has 0 bridgehead atoms. The average molecular weight is 385 g/mol. The van der Waals surface area contributed by atoms with Gasteiger partial charge in [-0.05, 0) is 80.5 Å². The fourth-order valence-electron chi connectivity index (χ4n) is 7.97. The van der Waals surface area contributed by atoms with Crippen LogP contribution in [-0.4, -0.2) is 11.2 Å². The Hall–Kier alpha value is -0.560. The summed E-state index contributed by atoms with van der Waals surface area (Å²) in [6.45, 7) is 12.5. The van der Waals surface area contributed by atoms with Gasteiger partial charge >= 0.3 is 0 Å². The van der Waals surface area contributed by atoms with E-state index < -0.39 is 0 Å². The van der Waals surface area contributed by atoms with E-state index >= 15 is 0 Å². The Kier molecular flexibility index (Phi) is 5.62. The van der Waals surface area contributed by atoms with Gasteiger partial charge in [0.05, 0.1) is 6.10 Å². The highest BCUT2D eigenvalue weighted by Crippen LogP contribution is 2.65. The Labute approximate surface area is 174 Å². The first-order valence-electron chi connectivity index (χ1n) is 12.4. The van der Waals surface area contributed by atoms with Crippen LogP contribution in [0.4, 0.5) is 0 Å². The largest absolute Gasteiger partial charge is 0.389 e. The van der Waals surface area contributed by atoms with E-state index in [0.717, 1.165) is 36.5 Å². The Morgan fingerprint density at radius 2 is 1.79 bits per heavy atom. The Bertz CT molecular complexity index is 655. The van der Waals surface area contributed by atoms with Crippen LogP contribution in [0.3, 0.4) is 0 Å². The standard InChI is InChI=1S/C27H44O/c1-18(2)7-6-8-19(3)23-11-12-24-22-10-9-20-17-21(28)13-15-26(20,4)25(22)14-16-27(23,24)5/h17-19,21,23-24,28H,6-16H2,1-5H3/t19-,21?,23-,24+,26+,27-/m1/s1. The molecule has 1 saturated carbocycles. The molecule has 1 heteroatoms. The maximum absolute atomic E-state index is 10.2. The van der Waals surface area contributed by atoms with Crippen LogP contribution in [0.2, 0.25) is 0 Å². The maximum atomic E-state index is 10.2. The third kappa shape index (κ3) is 3.34. The van der Waals surface area contributed by atoms with E-state index in [0.29, 0.717) is 5.41 Å². The zero-order valence-electron chi connectivity index (χ0n) is 19.2. The number of hydrogen-bond donors (Lipinski definition) is 1. The predicted molar refractivity (Wildman–Crippen MR) is 119 cm³/mol. The van der Waals surface area contributed by atoms with E-state index in [1.54, 1.807) is 5.57 Å². The van der Waals surface area contributed by atoms with Crippen LogP contribution in [0, 0.1) is 34.5 Å². The van der Waals surface area contributed by atoms with E-state index in [1.807, 2.05) is 11.1 Å². The minimum atomic E-state index is -0.193. The molecule has 1 fully saturated rings. The Morgan fingerprint density at radius 1 is 1.00 bits per heavy atom. The van der Waals surface area contributed by atoms with Gasteiger partial charge in [0.1, 0.15) is 0 Å². The summed E-state index contributed by atoms with van der Waals surface area (Å²) in [5, 5.41) is 10.2. The lowest BCUT2D eigenvalue weighted by Gasteiger charge is -2.52. The molecule has 0 spiro atoms. The number of fused-ring (bicyclic) bond motifs is 4. The highest BCUT2D eigenvalue weighted by atomic mass is 16.3. The molecule has 4 aliphatic rings. The van der Waals surface area contributed by atoms with E-state index in [1.165, 1.54) is 57.8 Å². The average Bonchev–Trinajstić information content (AvgIpc) is 2.99. The predicted octanol–water partition coefficient (Wildman–Crippen LogP) is 7.45. The van der Waals surface area contributed by atoms with Crippen LogP contribution in [0.15, 0.2) is 22.8 Å². The number of aliphatic hydroxyl groups excluding tert-OH is 1. The molecule has 1 unspecified atom stereocenters. The van der Waals surface area contributed by atoms with Crippen molar-refractivity contribution in [3.05, 3.63) is 22.8 Å². The van der Waals surface area contributed by atoms with Crippen molar-refractivity contribution in [3.8, 4) is 0 Å². The molecule has 1 N–H and O–H groups in total. The first-order chi connectivity index (χ1) is 13.3. The molecule has 0 aromatic rings. The molecule has 0 heterocycles. The number of aliphatic hydroxyl groups is 1. The highest BCUT2D eigenvalue weighted by Gasteiger charge is 2.54.